The van der Waals surface area contributed by atoms with Crippen LogP contribution in [0.25, 0.3) is 0 Å². The zero-order chi connectivity index (χ0) is 16.0. The minimum absolute atomic E-state index is 0.0315. The second kappa shape index (κ2) is 8.36. The van der Waals surface area contributed by atoms with Crippen molar-refractivity contribution in [3.63, 3.8) is 0 Å². The Labute approximate surface area is 137 Å². The van der Waals surface area contributed by atoms with E-state index in [1.165, 1.54) is 12.1 Å². The summed E-state index contributed by atoms with van der Waals surface area (Å²) in [5.74, 6) is -1.22. The molecule has 0 bridgehead atoms. The van der Waals surface area contributed by atoms with Crippen LogP contribution in [0.15, 0.2) is 12.1 Å². The van der Waals surface area contributed by atoms with Gasteiger partial charge in [0.05, 0.1) is 16.3 Å². The molecule has 0 aliphatic heterocycles. The molecule has 1 atom stereocenters. The highest BCUT2D eigenvalue weighted by molar-refractivity contribution is 7.99. The normalized spacial score (nSPS) is 11.8. The Morgan fingerprint density at radius 3 is 2.62 bits per heavy atom. The zero-order valence-electron chi connectivity index (χ0n) is 11.6. The Hall–Kier alpha value is -1.11. The van der Waals surface area contributed by atoms with Crippen LogP contribution >= 0.6 is 35.0 Å². The van der Waals surface area contributed by atoms with Gasteiger partial charge in [0, 0.05) is 16.8 Å². The fourth-order valence-electron chi connectivity index (χ4n) is 1.53. The number of hydrogen-bond acceptors (Lipinski definition) is 3. The van der Waals surface area contributed by atoms with Crippen LogP contribution in [0.1, 0.15) is 23.7 Å². The number of rotatable bonds is 6. The summed E-state index contributed by atoms with van der Waals surface area (Å²) in [5, 5.41) is 14.9. The van der Waals surface area contributed by atoms with Gasteiger partial charge in [-0.15, -0.1) is 0 Å². The van der Waals surface area contributed by atoms with E-state index in [9.17, 15) is 9.59 Å². The highest BCUT2D eigenvalue weighted by Gasteiger charge is 2.17. The van der Waals surface area contributed by atoms with Gasteiger partial charge in [-0.05, 0) is 24.8 Å². The van der Waals surface area contributed by atoms with Gasteiger partial charge in [0.15, 0.2) is 0 Å². The third kappa shape index (κ3) is 5.65. The standard InChI is InChI=1S/C13H16Cl2N2O3S/c1-7(21-2)3-4-16-13(20)17-11-9(12(18)19)5-8(14)6-10(11)15/h5-7H,3-4H2,1-2H3,(H,18,19)(H2,16,17,20). The molecule has 116 valence electrons. The van der Waals surface area contributed by atoms with Crippen molar-refractivity contribution in [2.45, 2.75) is 18.6 Å². The van der Waals surface area contributed by atoms with E-state index in [1.54, 1.807) is 11.8 Å². The largest absolute Gasteiger partial charge is 0.478 e. The maximum Gasteiger partial charge on any atom is 0.337 e. The third-order valence-electron chi connectivity index (χ3n) is 2.76. The van der Waals surface area contributed by atoms with E-state index in [4.69, 9.17) is 28.3 Å². The first-order valence-electron chi connectivity index (χ1n) is 6.15. The molecule has 0 aliphatic rings. The number of urea groups is 1. The van der Waals surface area contributed by atoms with E-state index in [1.807, 2.05) is 6.26 Å². The molecular formula is C13H16Cl2N2O3S. The van der Waals surface area contributed by atoms with E-state index in [0.29, 0.717) is 11.8 Å². The smallest absolute Gasteiger partial charge is 0.337 e. The molecule has 0 spiro atoms. The second-order valence-electron chi connectivity index (χ2n) is 4.33. The van der Waals surface area contributed by atoms with Gasteiger partial charge < -0.3 is 15.7 Å². The number of hydrogen-bond donors (Lipinski definition) is 3. The Morgan fingerprint density at radius 1 is 1.38 bits per heavy atom. The van der Waals surface area contributed by atoms with Gasteiger partial charge in [0.25, 0.3) is 0 Å². The number of carbonyl (C=O) groups is 2. The van der Waals surface area contributed by atoms with Crippen LogP contribution < -0.4 is 10.6 Å². The number of carbonyl (C=O) groups excluding carboxylic acids is 1. The third-order valence-corrected chi connectivity index (χ3v) is 4.32. The number of benzene rings is 1. The topological polar surface area (TPSA) is 78.4 Å². The van der Waals surface area contributed by atoms with Gasteiger partial charge in [0.2, 0.25) is 0 Å². The summed E-state index contributed by atoms with van der Waals surface area (Å²) in [6.07, 6.45) is 2.81. The Morgan fingerprint density at radius 2 is 2.05 bits per heavy atom. The van der Waals surface area contributed by atoms with E-state index in [-0.39, 0.29) is 21.3 Å². The van der Waals surface area contributed by atoms with Crippen LogP contribution in [0.4, 0.5) is 10.5 Å². The lowest BCUT2D eigenvalue weighted by molar-refractivity contribution is 0.0698. The summed E-state index contributed by atoms with van der Waals surface area (Å²) in [7, 11) is 0. The predicted octanol–water partition coefficient (Wildman–Crippen LogP) is 3.95. The number of nitrogens with one attached hydrogen (secondary N) is 2. The van der Waals surface area contributed by atoms with Crippen molar-refractivity contribution in [2.24, 2.45) is 0 Å². The van der Waals surface area contributed by atoms with Crippen LogP contribution in [0.3, 0.4) is 0 Å². The average molecular weight is 351 g/mol. The number of amides is 2. The van der Waals surface area contributed by atoms with Gasteiger partial charge in [-0.1, -0.05) is 30.1 Å². The molecule has 5 nitrogen and oxygen atoms in total. The molecule has 0 heterocycles. The lowest BCUT2D eigenvalue weighted by Crippen LogP contribution is -2.31. The molecule has 1 aromatic rings. The fraction of sp³-hybridized carbons (Fsp3) is 0.385. The second-order valence-corrected chi connectivity index (χ2v) is 6.45. The molecule has 0 saturated carbocycles. The average Bonchev–Trinajstić information content (AvgIpc) is 2.41. The van der Waals surface area contributed by atoms with Crippen LogP contribution in [0.5, 0.6) is 0 Å². The number of anilines is 1. The summed E-state index contributed by atoms with van der Waals surface area (Å²) in [6, 6.07) is 2.11. The summed E-state index contributed by atoms with van der Waals surface area (Å²) >= 11 is 13.4. The van der Waals surface area contributed by atoms with Crippen LogP contribution in [0, 0.1) is 0 Å². The van der Waals surface area contributed by atoms with Crippen molar-refractivity contribution >= 4 is 52.7 Å². The number of halogens is 2. The molecule has 2 amide bonds. The molecule has 0 saturated heterocycles. The predicted molar refractivity (Wildman–Crippen MR) is 88.0 cm³/mol. The monoisotopic (exact) mass is 350 g/mol. The Balaban J connectivity index is 2.74. The van der Waals surface area contributed by atoms with Crippen molar-refractivity contribution in [3.05, 3.63) is 27.7 Å². The van der Waals surface area contributed by atoms with E-state index in [0.717, 1.165) is 6.42 Å². The molecule has 8 heteroatoms. The molecule has 1 unspecified atom stereocenters. The van der Waals surface area contributed by atoms with Gasteiger partial charge in [-0.3, -0.25) is 0 Å². The molecule has 3 N–H and O–H groups in total. The van der Waals surface area contributed by atoms with E-state index < -0.39 is 12.0 Å². The van der Waals surface area contributed by atoms with Gasteiger partial charge in [-0.25, -0.2) is 9.59 Å². The Bertz CT molecular complexity index is 540. The van der Waals surface area contributed by atoms with Crippen molar-refractivity contribution < 1.29 is 14.7 Å². The molecule has 1 rings (SSSR count). The SMILES string of the molecule is CSC(C)CCNC(=O)Nc1c(Cl)cc(Cl)cc1C(=O)O. The number of thioether (sulfide) groups is 1. The highest BCUT2D eigenvalue weighted by atomic mass is 35.5. The van der Waals surface area contributed by atoms with Gasteiger partial charge in [0.1, 0.15) is 0 Å². The fourth-order valence-corrected chi connectivity index (χ4v) is 2.43. The van der Waals surface area contributed by atoms with Crippen molar-refractivity contribution in [2.75, 3.05) is 18.1 Å². The molecule has 0 fully saturated rings. The molecule has 21 heavy (non-hydrogen) atoms. The minimum atomic E-state index is -1.22. The summed E-state index contributed by atoms with van der Waals surface area (Å²) in [6.45, 7) is 2.55. The quantitative estimate of drug-likeness (QED) is 0.725. The van der Waals surface area contributed by atoms with E-state index in [2.05, 4.69) is 17.6 Å². The summed E-state index contributed by atoms with van der Waals surface area (Å²) in [5.41, 5.74) is -0.121. The minimum Gasteiger partial charge on any atom is -0.478 e. The van der Waals surface area contributed by atoms with Crippen LogP contribution in [0.2, 0.25) is 10.0 Å². The molecule has 0 aromatic heterocycles. The number of carboxylic acid groups (broad SMARTS) is 1. The van der Waals surface area contributed by atoms with Crippen LogP contribution in [-0.2, 0) is 0 Å². The van der Waals surface area contributed by atoms with Crippen molar-refractivity contribution in [1.29, 1.82) is 0 Å². The highest BCUT2D eigenvalue weighted by Crippen LogP contribution is 2.30. The number of carboxylic acids is 1. The first-order chi connectivity index (χ1) is 9.85. The van der Waals surface area contributed by atoms with E-state index >= 15 is 0 Å². The zero-order valence-corrected chi connectivity index (χ0v) is 13.9. The Kier molecular flexibility index (Phi) is 7.14. The lowest BCUT2D eigenvalue weighted by Gasteiger charge is -2.13. The summed E-state index contributed by atoms with van der Waals surface area (Å²) < 4.78 is 0. The maximum atomic E-state index is 11.8. The number of aromatic carboxylic acids is 1. The van der Waals surface area contributed by atoms with Crippen LogP contribution in [-0.4, -0.2) is 35.2 Å². The van der Waals surface area contributed by atoms with Gasteiger partial charge >= 0.3 is 12.0 Å². The lowest BCUT2D eigenvalue weighted by atomic mass is 10.2. The maximum absolute atomic E-state index is 11.8. The molecule has 0 aliphatic carbocycles. The van der Waals surface area contributed by atoms with Crippen molar-refractivity contribution in [1.82, 2.24) is 5.32 Å². The first kappa shape index (κ1) is 17.9. The molecular weight excluding hydrogens is 335 g/mol. The first-order valence-corrected chi connectivity index (χ1v) is 8.19. The van der Waals surface area contributed by atoms with Crippen molar-refractivity contribution in [3.8, 4) is 0 Å². The molecule has 1 aromatic carbocycles. The summed E-state index contributed by atoms with van der Waals surface area (Å²) in [4.78, 5) is 22.9. The van der Waals surface area contributed by atoms with Gasteiger partial charge in [-0.2, -0.15) is 11.8 Å². The molecule has 0 radical (unpaired) electrons.